The average Bonchev–Trinajstić information content (AvgIpc) is 2.34. The van der Waals surface area contributed by atoms with Gasteiger partial charge in [-0.2, -0.15) is 0 Å². The molecule has 19 heavy (non-hydrogen) atoms. The van der Waals surface area contributed by atoms with E-state index in [0.29, 0.717) is 0 Å². The van der Waals surface area contributed by atoms with Gasteiger partial charge in [-0.15, -0.1) is 0 Å². The van der Waals surface area contributed by atoms with Gasteiger partial charge in [-0.05, 0) is 64.6 Å². The molecule has 0 aliphatic rings. The van der Waals surface area contributed by atoms with Crippen LogP contribution in [0.2, 0.25) is 5.02 Å². The Kier molecular flexibility index (Phi) is 5.13. The molecule has 5 heteroatoms. The molecule has 0 aromatic heterocycles. The Bertz CT molecular complexity index is 599. The molecule has 0 heterocycles. The maximum Gasteiger partial charge on any atom is 0.307 e. The van der Waals surface area contributed by atoms with Crippen LogP contribution in [-0.2, 0) is 11.2 Å². The third-order valence-corrected chi connectivity index (χ3v) is 4.99. The fourth-order valence-corrected chi connectivity index (χ4v) is 3.40. The molecule has 0 saturated carbocycles. The molecule has 1 N–H and O–H groups in total. The molecule has 0 saturated heterocycles. The zero-order valence-corrected chi connectivity index (χ0v) is 13.5. The summed E-state index contributed by atoms with van der Waals surface area (Å²) in [5, 5.41) is 9.49. The van der Waals surface area contributed by atoms with Gasteiger partial charge >= 0.3 is 5.97 Å². The highest BCUT2D eigenvalue weighted by Crippen LogP contribution is 2.32. The fourth-order valence-electron chi connectivity index (χ4n) is 1.54. The van der Waals surface area contributed by atoms with Crippen LogP contribution in [0.5, 0.6) is 0 Å². The Morgan fingerprint density at radius 3 is 2.47 bits per heavy atom. The lowest BCUT2D eigenvalue weighted by atomic mass is 10.2. The maximum atomic E-state index is 10.7. The van der Waals surface area contributed by atoms with Gasteiger partial charge in [0, 0.05) is 18.4 Å². The van der Waals surface area contributed by atoms with Crippen molar-refractivity contribution in [3.05, 3.63) is 56.6 Å². The van der Waals surface area contributed by atoms with Crippen LogP contribution in [0.3, 0.4) is 0 Å². The number of aliphatic carboxylic acids is 1. The van der Waals surface area contributed by atoms with Crippen molar-refractivity contribution in [2.45, 2.75) is 16.2 Å². The van der Waals surface area contributed by atoms with Crippen molar-refractivity contribution in [2.24, 2.45) is 0 Å². The molecule has 0 unspecified atom stereocenters. The van der Waals surface area contributed by atoms with E-state index in [1.165, 1.54) is 0 Å². The van der Waals surface area contributed by atoms with Crippen molar-refractivity contribution in [1.29, 1.82) is 0 Å². The molecular formula is C14H10ClIO2S. The van der Waals surface area contributed by atoms with Crippen LogP contribution in [0, 0.1) is 3.57 Å². The summed E-state index contributed by atoms with van der Waals surface area (Å²) >= 11 is 9.71. The summed E-state index contributed by atoms with van der Waals surface area (Å²) < 4.78 is 1.05. The second-order valence-electron chi connectivity index (χ2n) is 3.89. The van der Waals surface area contributed by atoms with Gasteiger partial charge < -0.3 is 5.11 Å². The first kappa shape index (κ1) is 14.7. The van der Waals surface area contributed by atoms with Crippen molar-refractivity contribution < 1.29 is 9.90 Å². The molecule has 0 fully saturated rings. The molecule has 0 amide bonds. The van der Waals surface area contributed by atoms with Crippen LogP contribution < -0.4 is 0 Å². The van der Waals surface area contributed by atoms with E-state index in [1.807, 2.05) is 42.5 Å². The summed E-state index contributed by atoms with van der Waals surface area (Å²) in [5.41, 5.74) is 0.817. The van der Waals surface area contributed by atoms with Gasteiger partial charge in [0.25, 0.3) is 0 Å². The lowest BCUT2D eigenvalue weighted by molar-refractivity contribution is -0.136. The summed E-state index contributed by atoms with van der Waals surface area (Å²) in [4.78, 5) is 12.9. The van der Waals surface area contributed by atoms with Gasteiger partial charge in [-0.25, -0.2) is 0 Å². The van der Waals surface area contributed by atoms with E-state index in [0.717, 1.165) is 23.9 Å². The largest absolute Gasteiger partial charge is 0.481 e. The van der Waals surface area contributed by atoms with Crippen LogP contribution in [0.15, 0.2) is 52.3 Å². The minimum atomic E-state index is -0.811. The number of carboxylic acids is 1. The lowest BCUT2D eigenvalue weighted by Gasteiger charge is -2.06. The Balaban J connectivity index is 2.17. The predicted molar refractivity (Wildman–Crippen MR) is 86.1 cm³/mol. The predicted octanol–water partition coefficient (Wildman–Crippen LogP) is 4.72. The summed E-state index contributed by atoms with van der Waals surface area (Å²) in [6.45, 7) is 0. The molecule has 0 aliphatic carbocycles. The number of benzene rings is 2. The molecule has 0 spiro atoms. The van der Waals surface area contributed by atoms with Gasteiger partial charge in [-0.3, -0.25) is 4.79 Å². The third-order valence-electron chi connectivity index (χ3n) is 2.39. The number of rotatable bonds is 4. The average molecular weight is 405 g/mol. The van der Waals surface area contributed by atoms with Gasteiger partial charge in [-0.1, -0.05) is 29.4 Å². The number of carbonyl (C=O) groups is 1. The quantitative estimate of drug-likeness (QED) is 0.749. The number of carboxylic acid groups (broad SMARTS) is 1. The highest BCUT2D eigenvalue weighted by Gasteiger charge is 2.06. The minimum Gasteiger partial charge on any atom is -0.481 e. The van der Waals surface area contributed by atoms with Crippen molar-refractivity contribution >= 4 is 51.9 Å². The van der Waals surface area contributed by atoms with E-state index < -0.39 is 5.97 Å². The molecule has 2 aromatic carbocycles. The van der Waals surface area contributed by atoms with E-state index in [9.17, 15) is 4.79 Å². The lowest BCUT2D eigenvalue weighted by Crippen LogP contribution is -2.00. The summed E-state index contributed by atoms with van der Waals surface area (Å²) in [5.74, 6) is -0.811. The highest BCUT2D eigenvalue weighted by atomic mass is 127. The molecule has 0 atom stereocenters. The summed E-state index contributed by atoms with van der Waals surface area (Å²) in [7, 11) is 0. The Labute approximate surface area is 134 Å². The van der Waals surface area contributed by atoms with Crippen LogP contribution in [0.25, 0.3) is 0 Å². The van der Waals surface area contributed by atoms with Crippen LogP contribution in [-0.4, -0.2) is 11.1 Å². The molecule has 0 radical (unpaired) electrons. The zero-order chi connectivity index (χ0) is 13.8. The maximum absolute atomic E-state index is 10.7. The second-order valence-corrected chi connectivity index (χ2v) is 6.61. The summed E-state index contributed by atoms with van der Waals surface area (Å²) in [6, 6.07) is 13.4. The first-order chi connectivity index (χ1) is 9.04. The van der Waals surface area contributed by atoms with E-state index >= 15 is 0 Å². The minimum absolute atomic E-state index is 0.0574. The molecule has 98 valence electrons. The van der Waals surface area contributed by atoms with E-state index in [2.05, 4.69) is 22.6 Å². The number of hydrogen-bond acceptors (Lipinski definition) is 2. The second kappa shape index (κ2) is 6.63. The van der Waals surface area contributed by atoms with E-state index in [1.54, 1.807) is 11.8 Å². The van der Waals surface area contributed by atoms with Crippen LogP contribution >= 0.6 is 46.0 Å². The normalized spacial score (nSPS) is 10.4. The monoisotopic (exact) mass is 404 g/mol. The van der Waals surface area contributed by atoms with Crippen molar-refractivity contribution in [1.82, 2.24) is 0 Å². The Morgan fingerprint density at radius 2 is 1.89 bits per heavy atom. The van der Waals surface area contributed by atoms with Gasteiger partial charge in [0.15, 0.2) is 0 Å². The standard InChI is InChI=1S/C14H10ClIO2S/c15-10-2-4-11(5-3-10)19-13-6-1-9(7-12(13)16)8-14(17)18/h1-7H,8H2,(H,17,18). The first-order valence-electron chi connectivity index (χ1n) is 5.48. The summed E-state index contributed by atoms with van der Waals surface area (Å²) in [6.07, 6.45) is 0.0574. The van der Waals surface area contributed by atoms with Gasteiger partial charge in [0.1, 0.15) is 0 Å². The topological polar surface area (TPSA) is 37.3 Å². The fraction of sp³-hybridized carbons (Fsp3) is 0.0714. The SMILES string of the molecule is O=C(O)Cc1ccc(Sc2ccc(Cl)cc2)c(I)c1. The molecule has 0 bridgehead atoms. The van der Waals surface area contributed by atoms with Gasteiger partial charge in [0.05, 0.1) is 6.42 Å². The van der Waals surface area contributed by atoms with E-state index in [4.69, 9.17) is 16.7 Å². The third kappa shape index (κ3) is 4.40. The number of halogens is 2. The van der Waals surface area contributed by atoms with Crippen molar-refractivity contribution in [2.75, 3.05) is 0 Å². The first-order valence-corrected chi connectivity index (χ1v) is 7.75. The van der Waals surface area contributed by atoms with E-state index in [-0.39, 0.29) is 6.42 Å². The molecular weight excluding hydrogens is 395 g/mol. The molecule has 2 rings (SSSR count). The van der Waals surface area contributed by atoms with Crippen LogP contribution in [0.1, 0.15) is 5.56 Å². The highest BCUT2D eigenvalue weighted by molar-refractivity contribution is 14.1. The van der Waals surface area contributed by atoms with Crippen molar-refractivity contribution in [3.63, 3.8) is 0 Å². The number of hydrogen-bond donors (Lipinski definition) is 1. The molecule has 2 aromatic rings. The van der Waals surface area contributed by atoms with Crippen molar-refractivity contribution in [3.8, 4) is 0 Å². The van der Waals surface area contributed by atoms with Crippen LogP contribution in [0.4, 0.5) is 0 Å². The Morgan fingerprint density at radius 1 is 1.21 bits per heavy atom. The molecule has 0 aliphatic heterocycles. The van der Waals surface area contributed by atoms with Gasteiger partial charge in [0.2, 0.25) is 0 Å². The zero-order valence-electron chi connectivity index (χ0n) is 9.77. The Hall–Kier alpha value is -0.720. The smallest absolute Gasteiger partial charge is 0.307 e. The molecule has 2 nitrogen and oxygen atoms in total.